The van der Waals surface area contributed by atoms with Crippen LogP contribution in [0, 0.1) is 0 Å². The third kappa shape index (κ3) is 5.29. The predicted octanol–water partition coefficient (Wildman–Crippen LogP) is 1.79. The number of carbonyl (C=O) groups is 2. The van der Waals surface area contributed by atoms with Gasteiger partial charge in [0, 0.05) is 30.6 Å². The van der Waals surface area contributed by atoms with Crippen LogP contribution in [-0.4, -0.2) is 66.4 Å². The van der Waals surface area contributed by atoms with Crippen molar-refractivity contribution in [2.75, 3.05) is 32.8 Å². The topological polar surface area (TPSA) is 120 Å². The van der Waals surface area contributed by atoms with Crippen molar-refractivity contribution in [1.29, 1.82) is 0 Å². The highest BCUT2D eigenvalue weighted by Crippen LogP contribution is 2.42. The van der Waals surface area contributed by atoms with Crippen molar-refractivity contribution in [1.82, 2.24) is 20.4 Å². The molecule has 1 aliphatic heterocycles. The molecular weight excluding hydrogens is 468 g/mol. The number of halogens is 2. The number of benzene rings is 1. The molecule has 180 valence electrons. The van der Waals surface area contributed by atoms with Gasteiger partial charge in [-0.25, -0.2) is 0 Å². The van der Waals surface area contributed by atoms with Gasteiger partial charge >= 0.3 is 6.61 Å². The fraction of sp³-hybridized carbons (Fsp3) is 0.364. The molecule has 2 aromatic rings. The average molecular weight is 492 g/mol. The first-order valence-electron chi connectivity index (χ1n) is 10.5. The van der Waals surface area contributed by atoms with Gasteiger partial charge < -0.3 is 20.5 Å². The Kier molecular flexibility index (Phi) is 7.29. The van der Waals surface area contributed by atoms with E-state index in [0.29, 0.717) is 31.3 Å². The molecule has 2 amide bonds. The van der Waals surface area contributed by atoms with E-state index in [1.807, 2.05) is 35.2 Å². The summed E-state index contributed by atoms with van der Waals surface area (Å²) in [5.74, 6) is -1.45. The molecule has 0 spiro atoms. The van der Waals surface area contributed by atoms with Crippen molar-refractivity contribution in [3.63, 3.8) is 0 Å². The number of nitrogens with one attached hydrogen (secondary N) is 1. The second kappa shape index (κ2) is 10.4. The lowest BCUT2D eigenvalue weighted by Crippen LogP contribution is -2.53. The molecule has 1 saturated heterocycles. The first-order valence-corrected chi connectivity index (χ1v) is 11.4. The van der Waals surface area contributed by atoms with Crippen molar-refractivity contribution in [3.05, 3.63) is 58.8 Å². The molecule has 1 aliphatic carbocycles. The van der Waals surface area contributed by atoms with Gasteiger partial charge in [0.1, 0.15) is 10.8 Å². The summed E-state index contributed by atoms with van der Waals surface area (Å²) in [5, 5.41) is 11.9. The number of hydrogen-bond donors (Lipinski definition) is 2. The van der Waals surface area contributed by atoms with E-state index in [4.69, 9.17) is 15.2 Å². The molecule has 34 heavy (non-hydrogen) atoms. The van der Waals surface area contributed by atoms with E-state index in [2.05, 4.69) is 15.5 Å². The Morgan fingerprint density at radius 2 is 1.94 bits per heavy atom. The van der Waals surface area contributed by atoms with Crippen LogP contribution in [0.1, 0.15) is 11.4 Å². The van der Waals surface area contributed by atoms with Crippen LogP contribution in [0.2, 0.25) is 0 Å². The van der Waals surface area contributed by atoms with E-state index in [1.165, 1.54) is 12.2 Å². The second-order valence-corrected chi connectivity index (χ2v) is 8.74. The number of morpholine rings is 1. The maximum Gasteiger partial charge on any atom is 0.387 e. The highest BCUT2D eigenvalue weighted by molar-refractivity contribution is 7.14. The van der Waals surface area contributed by atoms with Crippen molar-refractivity contribution < 1.29 is 27.8 Å². The Hall–Kier alpha value is -3.22. The SMILES string of the molecule is NC(=O)C1=CC=C(OC(F)F)C(NC(=O)CN2CCOCC2)(c2nnc(-c3ccccc3)s2)C1. The number of amides is 2. The molecule has 0 saturated carbocycles. The maximum atomic E-state index is 13.4. The van der Waals surface area contributed by atoms with Crippen LogP contribution in [0.15, 0.2) is 53.8 Å². The Morgan fingerprint density at radius 1 is 1.21 bits per heavy atom. The molecule has 2 heterocycles. The molecule has 4 rings (SSSR count). The fourth-order valence-corrected chi connectivity index (χ4v) is 4.83. The van der Waals surface area contributed by atoms with Gasteiger partial charge in [-0.05, 0) is 6.08 Å². The molecule has 0 radical (unpaired) electrons. The number of primary amides is 1. The minimum absolute atomic E-state index is 0.00698. The Morgan fingerprint density at radius 3 is 2.62 bits per heavy atom. The number of nitrogens with two attached hydrogens (primary N) is 1. The fourth-order valence-electron chi connectivity index (χ4n) is 3.83. The van der Waals surface area contributed by atoms with E-state index in [0.717, 1.165) is 16.9 Å². The molecule has 3 N–H and O–H groups in total. The van der Waals surface area contributed by atoms with E-state index in [-0.39, 0.29) is 29.3 Å². The minimum Gasteiger partial charge on any atom is -0.436 e. The lowest BCUT2D eigenvalue weighted by Gasteiger charge is -2.37. The summed E-state index contributed by atoms with van der Waals surface area (Å²) in [6.45, 7) is -1.06. The maximum absolute atomic E-state index is 13.4. The summed E-state index contributed by atoms with van der Waals surface area (Å²) in [4.78, 5) is 27.0. The van der Waals surface area contributed by atoms with Crippen LogP contribution in [0.3, 0.4) is 0 Å². The molecule has 1 aromatic carbocycles. The van der Waals surface area contributed by atoms with Gasteiger partial charge in [-0.1, -0.05) is 47.7 Å². The number of hydrogen-bond acceptors (Lipinski definition) is 8. The van der Waals surface area contributed by atoms with Crippen LogP contribution in [-0.2, 0) is 24.6 Å². The predicted molar refractivity (Wildman–Crippen MR) is 119 cm³/mol. The summed E-state index contributed by atoms with van der Waals surface area (Å²) >= 11 is 1.11. The van der Waals surface area contributed by atoms with Gasteiger partial charge in [0.2, 0.25) is 11.8 Å². The number of aromatic nitrogens is 2. The number of nitrogens with zero attached hydrogens (tertiary/aromatic N) is 3. The van der Waals surface area contributed by atoms with Crippen LogP contribution in [0.25, 0.3) is 10.6 Å². The third-order valence-electron chi connectivity index (χ3n) is 5.48. The van der Waals surface area contributed by atoms with Crippen LogP contribution >= 0.6 is 11.3 Å². The van der Waals surface area contributed by atoms with Gasteiger partial charge in [0.25, 0.3) is 0 Å². The number of allylic oxidation sites excluding steroid dienone is 2. The number of carbonyl (C=O) groups excluding carboxylic acids is 2. The van der Waals surface area contributed by atoms with Crippen molar-refractivity contribution in [2.24, 2.45) is 5.73 Å². The zero-order chi connectivity index (χ0) is 24.1. The first kappa shape index (κ1) is 23.9. The molecule has 0 bridgehead atoms. The largest absolute Gasteiger partial charge is 0.436 e. The summed E-state index contributed by atoms with van der Waals surface area (Å²) in [6, 6.07) is 9.17. The third-order valence-corrected chi connectivity index (χ3v) is 6.61. The van der Waals surface area contributed by atoms with E-state index >= 15 is 0 Å². The molecule has 1 fully saturated rings. The first-order chi connectivity index (χ1) is 16.4. The zero-order valence-corrected chi connectivity index (χ0v) is 18.9. The summed E-state index contributed by atoms with van der Waals surface area (Å²) in [6.07, 6.45) is 2.32. The summed E-state index contributed by atoms with van der Waals surface area (Å²) in [7, 11) is 0. The lowest BCUT2D eigenvalue weighted by molar-refractivity contribution is -0.130. The molecule has 9 nitrogen and oxygen atoms in total. The molecule has 1 aromatic heterocycles. The summed E-state index contributed by atoms with van der Waals surface area (Å²) < 4.78 is 36.9. The average Bonchev–Trinajstić information content (AvgIpc) is 3.32. The normalized spacial score (nSPS) is 21.0. The Balaban J connectivity index is 1.73. The zero-order valence-electron chi connectivity index (χ0n) is 18.1. The van der Waals surface area contributed by atoms with E-state index in [9.17, 15) is 18.4 Å². The van der Waals surface area contributed by atoms with Gasteiger partial charge in [-0.2, -0.15) is 8.78 Å². The van der Waals surface area contributed by atoms with Crippen LogP contribution in [0.4, 0.5) is 8.78 Å². The Labute approximate surface area is 198 Å². The molecule has 12 heteroatoms. The van der Waals surface area contributed by atoms with Crippen molar-refractivity contribution in [2.45, 2.75) is 18.6 Å². The van der Waals surface area contributed by atoms with Crippen molar-refractivity contribution >= 4 is 23.2 Å². The highest BCUT2D eigenvalue weighted by atomic mass is 32.1. The van der Waals surface area contributed by atoms with Gasteiger partial charge in [0.05, 0.1) is 19.8 Å². The Bertz CT molecular complexity index is 1100. The van der Waals surface area contributed by atoms with E-state index in [1.54, 1.807) is 0 Å². The monoisotopic (exact) mass is 491 g/mol. The van der Waals surface area contributed by atoms with Gasteiger partial charge in [-0.3, -0.25) is 14.5 Å². The number of ether oxygens (including phenoxy) is 2. The van der Waals surface area contributed by atoms with E-state index < -0.39 is 24.0 Å². The molecule has 2 aliphatic rings. The highest BCUT2D eigenvalue weighted by Gasteiger charge is 2.47. The quantitative estimate of drug-likeness (QED) is 0.578. The number of alkyl halides is 2. The summed E-state index contributed by atoms with van der Waals surface area (Å²) in [5.41, 5.74) is 4.72. The second-order valence-electron chi connectivity index (χ2n) is 7.76. The lowest BCUT2D eigenvalue weighted by atomic mass is 9.84. The van der Waals surface area contributed by atoms with Crippen LogP contribution < -0.4 is 11.1 Å². The molecular formula is C22H23F2N5O4S. The molecule has 1 unspecified atom stereocenters. The van der Waals surface area contributed by atoms with Gasteiger partial charge in [0.15, 0.2) is 10.5 Å². The van der Waals surface area contributed by atoms with Crippen molar-refractivity contribution in [3.8, 4) is 10.6 Å². The molecule has 1 atom stereocenters. The van der Waals surface area contributed by atoms with Crippen LogP contribution in [0.5, 0.6) is 0 Å². The number of rotatable bonds is 8. The minimum atomic E-state index is -3.16. The smallest absolute Gasteiger partial charge is 0.387 e. The van der Waals surface area contributed by atoms with Gasteiger partial charge in [-0.15, -0.1) is 10.2 Å². The standard InChI is InChI=1S/C22H23F2N5O4S/c23-21(24)33-16-7-6-15(18(25)31)12-22(16,26-17(30)13-29-8-10-32-11-9-29)20-28-27-19(34-20)14-4-2-1-3-5-14/h1-7,21H,8-13H2,(H2,25,31)(H,26,30).